The molecule has 2 aromatic carbocycles. The van der Waals surface area contributed by atoms with Crippen molar-refractivity contribution in [2.24, 2.45) is 4.99 Å². The van der Waals surface area contributed by atoms with Gasteiger partial charge in [0.2, 0.25) is 0 Å². The van der Waals surface area contributed by atoms with E-state index < -0.39 is 0 Å². The highest BCUT2D eigenvalue weighted by Gasteiger charge is 2.25. The number of nitrogens with one attached hydrogen (secondary N) is 1. The van der Waals surface area contributed by atoms with Crippen molar-refractivity contribution in [2.75, 3.05) is 44.7 Å². The van der Waals surface area contributed by atoms with E-state index in [9.17, 15) is 0 Å². The standard InChI is InChI=1S/C24H30N4O.HI/c1-19-8-3-4-11-22(19)23-18-28(14-15-29-23)24(25-2)26-17-20-9-7-10-21(16-20)27-12-5-6-13-27;/h3-11,16,23H,12-15,17-18H2,1-2H3,(H,25,26);1H. The minimum absolute atomic E-state index is 0. The van der Waals surface area contributed by atoms with Gasteiger partial charge >= 0.3 is 0 Å². The van der Waals surface area contributed by atoms with Crippen LogP contribution >= 0.6 is 24.0 Å². The number of ether oxygens (including phenoxy) is 1. The monoisotopic (exact) mass is 518 g/mol. The molecule has 0 aliphatic carbocycles. The second kappa shape index (κ2) is 10.8. The van der Waals surface area contributed by atoms with E-state index in [1.165, 1.54) is 22.4 Å². The van der Waals surface area contributed by atoms with Crippen LogP contribution in [0.2, 0.25) is 0 Å². The third-order valence-corrected chi connectivity index (χ3v) is 5.66. The van der Waals surface area contributed by atoms with Crippen molar-refractivity contribution >= 4 is 35.6 Å². The lowest BCUT2D eigenvalue weighted by Crippen LogP contribution is -2.48. The van der Waals surface area contributed by atoms with Crippen molar-refractivity contribution < 1.29 is 4.74 Å². The number of hydrogen-bond acceptors (Lipinski definition) is 3. The lowest BCUT2D eigenvalue weighted by Gasteiger charge is -2.35. The smallest absolute Gasteiger partial charge is 0.194 e. The Bertz CT molecular complexity index is 890. The Hall–Kier alpha value is -2.06. The maximum atomic E-state index is 6.07. The van der Waals surface area contributed by atoms with E-state index in [2.05, 4.69) is 87.7 Å². The summed E-state index contributed by atoms with van der Waals surface area (Å²) >= 11 is 0. The number of guanidine groups is 1. The lowest BCUT2D eigenvalue weighted by atomic mass is 10.0. The average Bonchev–Trinajstić information content (AvgIpc) is 3.30. The van der Waals surface area contributed by atoms with Crippen LogP contribution in [0.15, 0.2) is 65.7 Å². The normalized spacial score (nSPS) is 19.0. The van der Waals surface area contributed by atoms with Crippen LogP contribution in [0.3, 0.4) is 0 Å². The number of morpholine rings is 1. The fraction of sp³-hybridized carbons (Fsp3) is 0.375. The Morgan fingerprint density at radius 1 is 1.13 bits per heavy atom. The van der Waals surface area contributed by atoms with Gasteiger partial charge in [0.1, 0.15) is 6.10 Å². The molecule has 1 saturated heterocycles. The molecule has 2 aromatic rings. The van der Waals surface area contributed by atoms with Gasteiger partial charge in [-0.25, -0.2) is 0 Å². The van der Waals surface area contributed by atoms with E-state index in [0.717, 1.165) is 38.7 Å². The first-order chi connectivity index (χ1) is 14.2. The summed E-state index contributed by atoms with van der Waals surface area (Å²) in [5.41, 5.74) is 5.07. The summed E-state index contributed by atoms with van der Waals surface area (Å²) < 4.78 is 6.07. The number of aliphatic imine (C=N–C) groups is 1. The van der Waals surface area contributed by atoms with Crippen molar-refractivity contribution in [2.45, 2.75) is 19.6 Å². The molecule has 1 fully saturated rings. The summed E-state index contributed by atoms with van der Waals surface area (Å²) in [5, 5.41) is 3.55. The molecule has 2 aliphatic rings. The zero-order valence-corrected chi connectivity index (χ0v) is 20.1. The maximum absolute atomic E-state index is 6.07. The number of aryl methyl sites for hydroxylation is 1. The summed E-state index contributed by atoms with van der Waals surface area (Å²) in [7, 11) is 1.85. The van der Waals surface area contributed by atoms with Crippen LogP contribution in [-0.2, 0) is 11.3 Å². The van der Waals surface area contributed by atoms with Gasteiger partial charge in [-0.3, -0.25) is 4.99 Å². The molecule has 0 amide bonds. The van der Waals surface area contributed by atoms with E-state index in [1.807, 2.05) is 7.05 Å². The van der Waals surface area contributed by atoms with E-state index in [0.29, 0.717) is 6.61 Å². The molecule has 1 N–H and O–H groups in total. The highest BCUT2D eigenvalue weighted by molar-refractivity contribution is 14.0. The van der Waals surface area contributed by atoms with E-state index in [-0.39, 0.29) is 30.1 Å². The Kier molecular flexibility index (Phi) is 8.16. The predicted octanol–water partition coefficient (Wildman–Crippen LogP) is 4.14. The largest absolute Gasteiger partial charge is 0.370 e. The lowest BCUT2D eigenvalue weighted by molar-refractivity contribution is -0.00833. The second-order valence-corrected chi connectivity index (χ2v) is 7.61. The average molecular weight is 518 g/mol. The predicted molar refractivity (Wildman–Crippen MR) is 135 cm³/mol. The van der Waals surface area contributed by atoms with Gasteiger partial charge < -0.3 is 19.9 Å². The molecule has 1 unspecified atom stereocenters. The van der Waals surface area contributed by atoms with Gasteiger partial charge in [-0.15, -0.1) is 24.0 Å². The van der Waals surface area contributed by atoms with Crippen LogP contribution in [0.5, 0.6) is 0 Å². The summed E-state index contributed by atoms with van der Waals surface area (Å²) in [6.45, 7) is 7.25. The molecule has 0 bridgehead atoms. The molecule has 160 valence electrons. The fourth-order valence-electron chi connectivity index (χ4n) is 4.04. The van der Waals surface area contributed by atoms with Crippen LogP contribution in [0.25, 0.3) is 0 Å². The summed E-state index contributed by atoms with van der Waals surface area (Å²) in [5.74, 6) is 0.931. The molecule has 0 aromatic heterocycles. The topological polar surface area (TPSA) is 40.1 Å². The Morgan fingerprint density at radius 2 is 1.93 bits per heavy atom. The molecular formula is C24H31IN4O. The number of halogens is 1. The van der Waals surface area contributed by atoms with Crippen LogP contribution in [0, 0.1) is 6.92 Å². The maximum Gasteiger partial charge on any atom is 0.194 e. The van der Waals surface area contributed by atoms with Crippen LogP contribution in [0.1, 0.15) is 22.8 Å². The fourth-order valence-corrected chi connectivity index (χ4v) is 4.04. The minimum atomic E-state index is 0. The third-order valence-electron chi connectivity index (χ3n) is 5.66. The molecule has 6 heteroatoms. The molecule has 4 rings (SSSR count). The Labute approximate surface area is 196 Å². The molecule has 0 saturated carbocycles. The Balaban J connectivity index is 0.00000256. The van der Waals surface area contributed by atoms with Gasteiger partial charge in [0, 0.05) is 38.9 Å². The minimum Gasteiger partial charge on any atom is -0.370 e. The second-order valence-electron chi connectivity index (χ2n) is 7.61. The molecule has 0 radical (unpaired) electrons. The number of hydrogen-bond donors (Lipinski definition) is 1. The summed E-state index contributed by atoms with van der Waals surface area (Å²) in [6, 6.07) is 17.2. The van der Waals surface area contributed by atoms with Crippen molar-refractivity contribution in [3.05, 3.63) is 77.4 Å². The SMILES string of the molecule is CN=C(NCc1cccc(N2CC=CC2)c1)N1CCOC(c2ccccc2C)C1.I. The number of nitrogens with zero attached hydrogens (tertiary/aromatic N) is 3. The zero-order chi connectivity index (χ0) is 20.1. The quantitative estimate of drug-likeness (QED) is 0.286. The van der Waals surface area contributed by atoms with E-state index in [4.69, 9.17) is 4.74 Å². The van der Waals surface area contributed by atoms with Crippen molar-refractivity contribution in [1.82, 2.24) is 10.2 Å². The first-order valence-corrected chi connectivity index (χ1v) is 10.4. The van der Waals surface area contributed by atoms with Crippen molar-refractivity contribution in [3.63, 3.8) is 0 Å². The zero-order valence-electron chi connectivity index (χ0n) is 17.8. The van der Waals surface area contributed by atoms with Gasteiger partial charge in [0.15, 0.2) is 5.96 Å². The molecule has 1 atom stereocenters. The van der Waals surface area contributed by atoms with Crippen molar-refractivity contribution in [1.29, 1.82) is 0 Å². The first-order valence-electron chi connectivity index (χ1n) is 10.4. The molecule has 30 heavy (non-hydrogen) atoms. The van der Waals surface area contributed by atoms with Crippen molar-refractivity contribution in [3.8, 4) is 0 Å². The van der Waals surface area contributed by atoms with E-state index in [1.54, 1.807) is 0 Å². The first kappa shape index (κ1) is 22.6. The molecule has 2 heterocycles. The van der Waals surface area contributed by atoms with Gasteiger partial charge in [0.25, 0.3) is 0 Å². The van der Waals surface area contributed by atoms with Gasteiger partial charge in [-0.1, -0.05) is 48.6 Å². The highest BCUT2D eigenvalue weighted by Crippen LogP contribution is 2.25. The summed E-state index contributed by atoms with van der Waals surface area (Å²) in [6.07, 6.45) is 4.51. The Morgan fingerprint density at radius 3 is 2.70 bits per heavy atom. The number of benzene rings is 2. The number of rotatable bonds is 4. The molecule has 2 aliphatic heterocycles. The van der Waals surface area contributed by atoms with Crippen LogP contribution in [0.4, 0.5) is 5.69 Å². The van der Waals surface area contributed by atoms with Gasteiger partial charge in [0.05, 0.1) is 13.2 Å². The highest BCUT2D eigenvalue weighted by atomic mass is 127. The summed E-state index contributed by atoms with van der Waals surface area (Å²) in [4.78, 5) is 9.20. The van der Waals surface area contributed by atoms with E-state index >= 15 is 0 Å². The molecule has 0 spiro atoms. The van der Waals surface area contributed by atoms with Gasteiger partial charge in [-0.2, -0.15) is 0 Å². The van der Waals surface area contributed by atoms with Crippen LogP contribution < -0.4 is 10.2 Å². The number of anilines is 1. The molecule has 5 nitrogen and oxygen atoms in total. The van der Waals surface area contributed by atoms with Crippen LogP contribution in [-0.4, -0.2) is 50.7 Å². The van der Waals surface area contributed by atoms with Gasteiger partial charge in [-0.05, 0) is 35.7 Å². The molecular weight excluding hydrogens is 487 g/mol. The third kappa shape index (κ3) is 5.35.